The van der Waals surface area contributed by atoms with Crippen LogP contribution in [0.3, 0.4) is 0 Å². The molecule has 3 rings (SSSR count). The molecule has 1 saturated heterocycles. The largest absolute Gasteiger partial charge is 0.393 e. The molecule has 15 heavy (non-hydrogen) atoms. The number of hydrogen-bond donors (Lipinski definition) is 1. The molecule has 80 valence electrons. The molecular weight excluding hydrogens is 188 g/mol. The fourth-order valence-corrected chi connectivity index (χ4v) is 2.96. The van der Waals surface area contributed by atoms with Gasteiger partial charge in [0.25, 0.3) is 0 Å². The molecule has 1 aromatic heterocycles. The lowest BCUT2D eigenvalue weighted by molar-refractivity contribution is 0.133. The van der Waals surface area contributed by atoms with Gasteiger partial charge in [0.05, 0.1) is 6.10 Å². The zero-order valence-corrected chi connectivity index (χ0v) is 8.71. The van der Waals surface area contributed by atoms with Crippen LogP contribution in [-0.4, -0.2) is 29.3 Å². The third kappa shape index (κ3) is 1.51. The van der Waals surface area contributed by atoms with Crippen molar-refractivity contribution in [2.45, 2.75) is 18.9 Å². The van der Waals surface area contributed by atoms with Crippen LogP contribution in [0.2, 0.25) is 0 Å². The predicted molar refractivity (Wildman–Crippen MR) is 58.7 cm³/mol. The van der Waals surface area contributed by atoms with Crippen molar-refractivity contribution in [1.29, 1.82) is 0 Å². The third-order valence-corrected chi connectivity index (χ3v) is 3.79. The maximum Gasteiger partial charge on any atom is 0.128 e. The van der Waals surface area contributed by atoms with Gasteiger partial charge >= 0.3 is 0 Å². The van der Waals surface area contributed by atoms with Crippen LogP contribution in [0.4, 0.5) is 5.82 Å². The first-order chi connectivity index (χ1) is 7.34. The second-order valence-corrected chi connectivity index (χ2v) is 4.66. The number of anilines is 1. The molecule has 2 fully saturated rings. The van der Waals surface area contributed by atoms with E-state index in [1.54, 1.807) is 0 Å². The average Bonchev–Trinajstić information content (AvgIpc) is 2.83. The van der Waals surface area contributed by atoms with Gasteiger partial charge in [-0.05, 0) is 30.9 Å². The molecule has 0 aromatic carbocycles. The van der Waals surface area contributed by atoms with E-state index in [0.29, 0.717) is 11.8 Å². The highest BCUT2D eigenvalue weighted by Crippen LogP contribution is 2.39. The van der Waals surface area contributed by atoms with Crippen LogP contribution in [0.5, 0.6) is 0 Å². The first-order valence-electron chi connectivity index (χ1n) is 5.68. The number of pyridine rings is 1. The van der Waals surface area contributed by atoms with Crippen molar-refractivity contribution in [3.8, 4) is 0 Å². The topological polar surface area (TPSA) is 36.4 Å². The molecule has 0 spiro atoms. The molecule has 1 aliphatic heterocycles. The minimum Gasteiger partial charge on any atom is -0.393 e. The summed E-state index contributed by atoms with van der Waals surface area (Å²) >= 11 is 0. The Balaban J connectivity index is 1.77. The number of aliphatic hydroxyl groups excluding tert-OH is 1. The van der Waals surface area contributed by atoms with Crippen molar-refractivity contribution in [1.82, 2.24) is 4.98 Å². The third-order valence-electron chi connectivity index (χ3n) is 3.79. The second kappa shape index (κ2) is 3.49. The molecule has 0 radical (unpaired) electrons. The lowest BCUT2D eigenvalue weighted by atomic mass is 10.00. The molecule has 1 N–H and O–H groups in total. The summed E-state index contributed by atoms with van der Waals surface area (Å²) in [6.45, 7) is 2.04. The van der Waals surface area contributed by atoms with Crippen molar-refractivity contribution < 1.29 is 5.11 Å². The van der Waals surface area contributed by atoms with Gasteiger partial charge in [0.1, 0.15) is 5.82 Å². The quantitative estimate of drug-likeness (QED) is 0.749. The molecule has 3 heteroatoms. The lowest BCUT2D eigenvalue weighted by Crippen LogP contribution is -2.24. The van der Waals surface area contributed by atoms with Gasteiger partial charge in [-0.1, -0.05) is 6.07 Å². The predicted octanol–water partition coefficient (Wildman–Crippen LogP) is 1.29. The average molecular weight is 204 g/mol. The van der Waals surface area contributed by atoms with Crippen molar-refractivity contribution in [3.63, 3.8) is 0 Å². The van der Waals surface area contributed by atoms with E-state index in [2.05, 4.69) is 9.88 Å². The zero-order valence-electron chi connectivity index (χ0n) is 8.71. The van der Waals surface area contributed by atoms with Crippen LogP contribution in [0, 0.1) is 11.8 Å². The van der Waals surface area contributed by atoms with E-state index in [1.165, 1.54) is 6.42 Å². The Bertz CT molecular complexity index is 341. The minimum atomic E-state index is -0.0799. The number of aliphatic hydroxyl groups is 1. The SMILES string of the molecule is OC1CCC2CN(c3ccccn3)CC12. The van der Waals surface area contributed by atoms with Crippen molar-refractivity contribution in [2.75, 3.05) is 18.0 Å². The maximum atomic E-state index is 9.82. The Kier molecular flexibility index (Phi) is 2.13. The number of fused-ring (bicyclic) bond motifs is 1. The summed E-state index contributed by atoms with van der Waals surface area (Å²) in [5.74, 6) is 2.22. The van der Waals surface area contributed by atoms with E-state index >= 15 is 0 Å². The Morgan fingerprint density at radius 1 is 1.27 bits per heavy atom. The van der Waals surface area contributed by atoms with E-state index in [-0.39, 0.29) is 6.10 Å². The van der Waals surface area contributed by atoms with Crippen molar-refractivity contribution in [3.05, 3.63) is 24.4 Å². The van der Waals surface area contributed by atoms with Gasteiger partial charge in [-0.25, -0.2) is 4.98 Å². The van der Waals surface area contributed by atoms with Crippen LogP contribution < -0.4 is 4.90 Å². The van der Waals surface area contributed by atoms with E-state index < -0.39 is 0 Å². The Labute approximate surface area is 89.7 Å². The van der Waals surface area contributed by atoms with Gasteiger partial charge in [0, 0.05) is 25.2 Å². The molecule has 0 bridgehead atoms. The highest BCUT2D eigenvalue weighted by Gasteiger charge is 2.42. The van der Waals surface area contributed by atoms with E-state index in [9.17, 15) is 5.11 Å². The van der Waals surface area contributed by atoms with Crippen LogP contribution in [-0.2, 0) is 0 Å². The summed E-state index contributed by atoms with van der Waals surface area (Å²) in [6.07, 6.45) is 3.92. The Hall–Kier alpha value is -1.09. The summed E-state index contributed by atoms with van der Waals surface area (Å²) < 4.78 is 0. The van der Waals surface area contributed by atoms with Crippen LogP contribution in [0.15, 0.2) is 24.4 Å². The van der Waals surface area contributed by atoms with Crippen LogP contribution >= 0.6 is 0 Å². The van der Waals surface area contributed by atoms with Gasteiger partial charge < -0.3 is 10.0 Å². The highest BCUT2D eigenvalue weighted by molar-refractivity contribution is 5.39. The Morgan fingerprint density at radius 2 is 2.20 bits per heavy atom. The van der Waals surface area contributed by atoms with Gasteiger partial charge in [-0.2, -0.15) is 0 Å². The smallest absolute Gasteiger partial charge is 0.128 e. The van der Waals surface area contributed by atoms with E-state index in [4.69, 9.17) is 0 Å². The normalized spacial score (nSPS) is 34.5. The molecule has 2 heterocycles. The van der Waals surface area contributed by atoms with Crippen LogP contribution in [0.1, 0.15) is 12.8 Å². The molecule has 1 aromatic rings. The fourth-order valence-electron chi connectivity index (χ4n) is 2.96. The van der Waals surface area contributed by atoms with Gasteiger partial charge in [0.15, 0.2) is 0 Å². The molecule has 1 saturated carbocycles. The second-order valence-electron chi connectivity index (χ2n) is 4.66. The van der Waals surface area contributed by atoms with Crippen molar-refractivity contribution >= 4 is 5.82 Å². The summed E-state index contributed by atoms with van der Waals surface area (Å²) in [4.78, 5) is 6.66. The number of rotatable bonds is 1. The monoisotopic (exact) mass is 204 g/mol. The molecular formula is C12H16N2O. The molecule has 0 amide bonds. The fraction of sp³-hybridized carbons (Fsp3) is 0.583. The first-order valence-corrected chi connectivity index (χ1v) is 5.68. The van der Waals surface area contributed by atoms with E-state index in [1.807, 2.05) is 24.4 Å². The number of aromatic nitrogens is 1. The molecule has 1 aliphatic carbocycles. The van der Waals surface area contributed by atoms with Gasteiger partial charge in [-0.15, -0.1) is 0 Å². The zero-order chi connectivity index (χ0) is 10.3. The minimum absolute atomic E-state index is 0.0799. The molecule has 2 aliphatic rings. The van der Waals surface area contributed by atoms with Gasteiger partial charge in [0.2, 0.25) is 0 Å². The van der Waals surface area contributed by atoms with Crippen LogP contribution in [0.25, 0.3) is 0 Å². The maximum absolute atomic E-state index is 9.82. The van der Waals surface area contributed by atoms with Crippen molar-refractivity contribution in [2.24, 2.45) is 11.8 Å². The number of nitrogens with zero attached hydrogens (tertiary/aromatic N) is 2. The number of hydrogen-bond acceptors (Lipinski definition) is 3. The van der Waals surface area contributed by atoms with E-state index in [0.717, 1.165) is 25.3 Å². The molecule has 3 unspecified atom stereocenters. The Morgan fingerprint density at radius 3 is 2.93 bits per heavy atom. The van der Waals surface area contributed by atoms with Gasteiger partial charge in [-0.3, -0.25) is 0 Å². The summed E-state index contributed by atoms with van der Waals surface area (Å²) in [6, 6.07) is 6.01. The summed E-state index contributed by atoms with van der Waals surface area (Å²) in [7, 11) is 0. The summed E-state index contributed by atoms with van der Waals surface area (Å²) in [5.41, 5.74) is 0. The first kappa shape index (κ1) is 9.16. The highest BCUT2D eigenvalue weighted by atomic mass is 16.3. The lowest BCUT2D eigenvalue weighted by Gasteiger charge is -2.18. The standard InChI is InChI=1S/C12H16N2O/c15-11-5-4-9-7-14(8-10(9)11)12-3-1-2-6-13-12/h1-3,6,9-11,15H,4-5,7-8H2. The molecule has 3 atom stereocenters. The molecule has 3 nitrogen and oxygen atoms in total. The summed E-state index contributed by atoms with van der Waals surface area (Å²) in [5, 5.41) is 9.82.